The second-order valence-corrected chi connectivity index (χ2v) is 7.40. The van der Waals surface area contributed by atoms with Gasteiger partial charge in [-0.1, -0.05) is 41.8 Å². The molecule has 3 unspecified atom stereocenters. The summed E-state index contributed by atoms with van der Waals surface area (Å²) in [5, 5.41) is 3.83. The average Bonchev–Trinajstić information content (AvgIpc) is 2.78. The Balaban J connectivity index is 1.57. The van der Waals surface area contributed by atoms with Crippen molar-refractivity contribution in [2.24, 2.45) is 11.8 Å². The molecule has 1 N–H and O–H groups in total. The summed E-state index contributed by atoms with van der Waals surface area (Å²) in [4.78, 5) is 0. The zero-order chi connectivity index (χ0) is 13.2. The molecule has 2 heteroatoms. The monoisotopic (exact) mass is 321 g/mol. The SMILES string of the molecule is CC1CCCC(CNC2CCc3cc(Br)ccc32)C1. The normalized spacial score (nSPS) is 30.3. The van der Waals surface area contributed by atoms with Gasteiger partial charge >= 0.3 is 0 Å². The molecular weight excluding hydrogens is 298 g/mol. The van der Waals surface area contributed by atoms with E-state index in [1.54, 1.807) is 0 Å². The van der Waals surface area contributed by atoms with Gasteiger partial charge in [-0.15, -0.1) is 0 Å². The third kappa shape index (κ3) is 3.22. The highest BCUT2D eigenvalue weighted by atomic mass is 79.9. The number of benzene rings is 1. The van der Waals surface area contributed by atoms with Crippen LogP contribution in [0.25, 0.3) is 0 Å². The van der Waals surface area contributed by atoms with Crippen LogP contribution in [0.1, 0.15) is 56.2 Å². The fraction of sp³-hybridized carbons (Fsp3) is 0.647. The minimum Gasteiger partial charge on any atom is -0.310 e. The zero-order valence-electron chi connectivity index (χ0n) is 11.8. The van der Waals surface area contributed by atoms with Gasteiger partial charge in [0.15, 0.2) is 0 Å². The summed E-state index contributed by atoms with van der Waals surface area (Å²) in [6.45, 7) is 3.62. The molecular formula is C17H24BrN. The summed E-state index contributed by atoms with van der Waals surface area (Å²) in [6, 6.07) is 7.37. The summed E-state index contributed by atoms with van der Waals surface area (Å²) in [5.41, 5.74) is 3.07. The van der Waals surface area contributed by atoms with Crippen LogP contribution < -0.4 is 5.32 Å². The lowest BCUT2D eigenvalue weighted by Gasteiger charge is -2.28. The lowest BCUT2D eigenvalue weighted by atomic mass is 9.82. The molecule has 1 saturated carbocycles. The molecule has 0 saturated heterocycles. The van der Waals surface area contributed by atoms with E-state index in [1.165, 1.54) is 60.7 Å². The van der Waals surface area contributed by atoms with Crippen LogP contribution in [0.4, 0.5) is 0 Å². The summed E-state index contributed by atoms with van der Waals surface area (Å²) >= 11 is 3.57. The summed E-state index contributed by atoms with van der Waals surface area (Å²) < 4.78 is 1.22. The predicted octanol–water partition coefficient (Wildman–Crippen LogP) is 4.85. The maximum Gasteiger partial charge on any atom is 0.0326 e. The van der Waals surface area contributed by atoms with Crippen LogP contribution in [0.5, 0.6) is 0 Å². The highest BCUT2D eigenvalue weighted by Crippen LogP contribution is 2.34. The lowest BCUT2D eigenvalue weighted by molar-refractivity contribution is 0.266. The van der Waals surface area contributed by atoms with Crippen molar-refractivity contribution in [1.82, 2.24) is 5.32 Å². The van der Waals surface area contributed by atoms with E-state index >= 15 is 0 Å². The molecule has 0 aromatic heterocycles. The van der Waals surface area contributed by atoms with Gasteiger partial charge in [-0.25, -0.2) is 0 Å². The number of halogens is 1. The number of hydrogen-bond donors (Lipinski definition) is 1. The number of aryl methyl sites for hydroxylation is 1. The molecule has 3 rings (SSSR count). The Kier molecular flexibility index (Phi) is 4.28. The first-order valence-corrected chi connectivity index (χ1v) is 8.53. The number of hydrogen-bond acceptors (Lipinski definition) is 1. The van der Waals surface area contributed by atoms with Gasteiger partial charge in [0.1, 0.15) is 0 Å². The smallest absolute Gasteiger partial charge is 0.0326 e. The number of fused-ring (bicyclic) bond motifs is 1. The average molecular weight is 322 g/mol. The highest BCUT2D eigenvalue weighted by Gasteiger charge is 2.24. The van der Waals surface area contributed by atoms with Crippen LogP contribution in [0.2, 0.25) is 0 Å². The van der Waals surface area contributed by atoms with E-state index in [2.05, 4.69) is 46.4 Å². The minimum absolute atomic E-state index is 0.598. The van der Waals surface area contributed by atoms with Crippen LogP contribution in [0, 0.1) is 11.8 Å². The van der Waals surface area contributed by atoms with E-state index in [0.29, 0.717) is 6.04 Å². The number of rotatable bonds is 3. The quantitative estimate of drug-likeness (QED) is 0.838. The van der Waals surface area contributed by atoms with E-state index in [4.69, 9.17) is 0 Å². The molecule has 0 spiro atoms. The Bertz CT molecular complexity index is 443. The molecule has 0 amide bonds. The molecule has 2 aliphatic carbocycles. The van der Waals surface area contributed by atoms with Crippen molar-refractivity contribution in [3.63, 3.8) is 0 Å². The Hall–Kier alpha value is -0.340. The Morgan fingerprint density at radius 3 is 3.00 bits per heavy atom. The number of nitrogens with one attached hydrogen (secondary N) is 1. The van der Waals surface area contributed by atoms with E-state index < -0.39 is 0 Å². The van der Waals surface area contributed by atoms with E-state index in [1.807, 2.05) is 0 Å². The first-order valence-electron chi connectivity index (χ1n) is 7.74. The van der Waals surface area contributed by atoms with Crippen molar-refractivity contribution in [3.8, 4) is 0 Å². The highest BCUT2D eigenvalue weighted by molar-refractivity contribution is 9.10. The fourth-order valence-electron chi connectivity index (χ4n) is 3.85. The van der Waals surface area contributed by atoms with Gasteiger partial charge in [-0.05, 0) is 67.3 Å². The second kappa shape index (κ2) is 5.97. The van der Waals surface area contributed by atoms with Crippen LogP contribution in [0.3, 0.4) is 0 Å². The van der Waals surface area contributed by atoms with Gasteiger partial charge in [0.05, 0.1) is 0 Å². The van der Waals surface area contributed by atoms with Gasteiger partial charge in [0, 0.05) is 10.5 Å². The molecule has 1 aromatic carbocycles. The van der Waals surface area contributed by atoms with Crippen LogP contribution >= 0.6 is 15.9 Å². The molecule has 3 atom stereocenters. The standard InChI is InChI=1S/C17H24BrN/c1-12-3-2-4-13(9-12)11-19-17-8-5-14-10-15(18)6-7-16(14)17/h6-7,10,12-13,17,19H,2-5,8-9,11H2,1H3. The molecule has 19 heavy (non-hydrogen) atoms. The summed E-state index contributed by atoms with van der Waals surface area (Å²) in [5.74, 6) is 1.84. The van der Waals surface area contributed by atoms with Gasteiger partial charge in [-0.3, -0.25) is 0 Å². The van der Waals surface area contributed by atoms with Crippen molar-refractivity contribution < 1.29 is 0 Å². The molecule has 0 radical (unpaired) electrons. The van der Waals surface area contributed by atoms with Gasteiger partial charge < -0.3 is 5.32 Å². The van der Waals surface area contributed by atoms with E-state index in [0.717, 1.165) is 11.8 Å². The molecule has 1 aromatic rings. The molecule has 0 aliphatic heterocycles. The molecule has 104 valence electrons. The third-order valence-corrected chi connectivity index (χ3v) is 5.37. The van der Waals surface area contributed by atoms with Gasteiger partial charge in [-0.2, -0.15) is 0 Å². The van der Waals surface area contributed by atoms with Crippen LogP contribution in [-0.2, 0) is 6.42 Å². The summed E-state index contributed by atoms with van der Waals surface area (Å²) in [6.07, 6.45) is 8.23. The molecule has 1 nitrogen and oxygen atoms in total. The van der Waals surface area contributed by atoms with Gasteiger partial charge in [0.2, 0.25) is 0 Å². The molecule has 0 bridgehead atoms. The van der Waals surface area contributed by atoms with Crippen molar-refractivity contribution in [3.05, 3.63) is 33.8 Å². The zero-order valence-corrected chi connectivity index (χ0v) is 13.4. The van der Waals surface area contributed by atoms with Crippen LogP contribution in [0.15, 0.2) is 22.7 Å². The lowest BCUT2D eigenvalue weighted by Crippen LogP contribution is -2.29. The van der Waals surface area contributed by atoms with Crippen LogP contribution in [-0.4, -0.2) is 6.54 Å². The molecule has 0 heterocycles. The predicted molar refractivity (Wildman–Crippen MR) is 84.3 cm³/mol. The summed E-state index contributed by atoms with van der Waals surface area (Å²) in [7, 11) is 0. The maximum atomic E-state index is 3.83. The van der Waals surface area contributed by atoms with Crippen molar-refractivity contribution in [1.29, 1.82) is 0 Å². The topological polar surface area (TPSA) is 12.0 Å². The Morgan fingerprint density at radius 1 is 1.26 bits per heavy atom. The Labute approximate surface area is 125 Å². The van der Waals surface area contributed by atoms with E-state index in [-0.39, 0.29) is 0 Å². The Morgan fingerprint density at radius 2 is 2.16 bits per heavy atom. The van der Waals surface area contributed by atoms with Crippen molar-refractivity contribution in [2.75, 3.05) is 6.54 Å². The first-order chi connectivity index (χ1) is 9.22. The first kappa shape index (κ1) is 13.6. The van der Waals surface area contributed by atoms with Crippen molar-refractivity contribution >= 4 is 15.9 Å². The van der Waals surface area contributed by atoms with Gasteiger partial charge in [0.25, 0.3) is 0 Å². The largest absolute Gasteiger partial charge is 0.310 e. The maximum absolute atomic E-state index is 3.83. The van der Waals surface area contributed by atoms with E-state index in [9.17, 15) is 0 Å². The van der Waals surface area contributed by atoms with Crippen molar-refractivity contribution in [2.45, 2.75) is 51.5 Å². The minimum atomic E-state index is 0.598. The third-order valence-electron chi connectivity index (χ3n) is 4.88. The molecule has 2 aliphatic rings. The second-order valence-electron chi connectivity index (χ2n) is 6.48. The fourth-order valence-corrected chi connectivity index (χ4v) is 4.26. The molecule has 1 fully saturated rings.